The van der Waals surface area contributed by atoms with Crippen LogP contribution < -0.4 is 0 Å². The number of hydrogen-bond acceptors (Lipinski definition) is 3. The minimum atomic E-state index is -0.730. The zero-order valence-corrected chi connectivity index (χ0v) is 11.1. The summed E-state index contributed by atoms with van der Waals surface area (Å²) in [5.74, 6) is 1.84. The van der Waals surface area contributed by atoms with E-state index in [1.54, 1.807) is 4.90 Å². The summed E-state index contributed by atoms with van der Waals surface area (Å²) in [5, 5.41) is 10.4. The van der Waals surface area contributed by atoms with Gasteiger partial charge in [0.25, 0.3) is 0 Å². The minimum Gasteiger partial charge on any atom is -0.388 e. The molecule has 3 rings (SSSR count). The summed E-state index contributed by atoms with van der Waals surface area (Å²) in [6.07, 6.45) is 5.04. The molecule has 0 aromatic rings. The van der Waals surface area contributed by atoms with Gasteiger partial charge in [0.2, 0.25) is 5.91 Å². The van der Waals surface area contributed by atoms with Gasteiger partial charge >= 0.3 is 0 Å². The van der Waals surface area contributed by atoms with E-state index < -0.39 is 5.60 Å². The van der Waals surface area contributed by atoms with Gasteiger partial charge in [-0.3, -0.25) is 4.79 Å². The van der Waals surface area contributed by atoms with Crippen molar-refractivity contribution in [3.63, 3.8) is 0 Å². The molecule has 4 heteroatoms. The first kappa shape index (κ1) is 12.4. The van der Waals surface area contributed by atoms with Crippen molar-refractivity contribution >= 4 is 5.91 Å². The van der Waals surface area contributed by atoms with Crippen molar-refractivity contribution in [3.05, 3.63) is 0 Å². The van der Waals surface area contributed by atoms with Gasteiger partial charge in [0.15, 0.2) is 0 Å². The SMILES string of the molecule is CN(CC1(O)CCOCC1)C(=O)C1C2CCCC21. The molecule has 1 heterocycles. The summed E-state index contributed by atoms with van der Waals surface area (Å²) in [4.78, 5) is 14.1. The molecule has 2 aliphatic carbocycles. The van der Waals surface area contributed by atoms with Gasteiger partial charge in [-0.2, -0.15) is 0 Å². The van der Waals surface area contributed by atoms with Gasteiger partial charge in [0.05, 0.1) is 5.60 Å². The molecule has 18 heavy (non-hydrogen) atoms. The molecular formula is C14H23NO3. The average molecular weight is 253 g/mol. The van der Waals surface area contributed by atoms with Crippen LogP contribution in [0.1, 0.15) is 32.1 Å². The van der Waals surface area contributed by atoms with Crippen LogP contribution in [-0.2, 0) is 9.53 Å². The lowest BCUT2D eigenvalue weighted by atomic mass is 9.93. The van der Waals surface area contributed by atoms with Gasteiger partial charge in [0.1, 0.15) is 0 Å². The van der Waals surface area contributed by atoms with Crippen LogP contribution in [0.3, 0.4) is 0 Å². The summed E-state index contributed by atoms with van der Waals surface area (Å²) < 4.78 is 5.26. The maximum Gasteiger partial charge on any atom is 0.226 e. The summed E-state index contributed by atoms with van der Waals surface area (Å²) in [6.45, 7) is 1.67. The number of carbonyl (C=O) groups excluding carboxylic acids is 1. The van der Waals surface area contributed by atoms with Crippen LogP contribution >= 0.6 is 0 Å². The number of likely N-dealkylation sites (N-methyl/N-ethyl adjacent to an activating group) is 1. The van der Waals surface area contributed by atoms with Crippen LogP contribution in [0.5, 0.6) is 0 Å². The second-order valence-corrected chi connectivity index (χ2v) is 6.32. The van der Waals surface area contributed by atoms with Crippen molar-refractivity contribution in [3.8, 4) is 0 Å². The fraction of sp³-hybridized carbons (Fsp3) is 0.929. The zero-order valence-electron chi connectivity index (χ0n) is 11.1. The van der Waals surface area contributed by atoms with Crippen molar-refractivity contribution in [2.75, 3.05) is 26.8 Å². The van der Waals surface area contributed by atoms with Crippen LogP contribution in [0.15, 0.2) is 0 Å². The smallest absolute Gasteiger partial charge is 0.226 e. The second kappa shape index (κ2) is 4.49. The standard InChI is InChI=1S/C14H23NO3/c1-15(9-14(17)5-7-18-8-6-14)13(16)12-10-3-2-4-11(10)12/h10-12,17H,2-9H2,1H3. The van der Waals surface area contributed by atoms with E-state index in [4.69, 9.17) is 4.74 Å². The molecule has 2 saturated carbocycles. The Morgan fingerprint density at radius 2 is 1.94 bits per heavy atom. The Bertz CT molecular complexity index is 328. The Morgan fingerprint density at radius 1 is 1.33 bits per heavy atom. The first-order valence-electron chi connectivity index (χ1n) is 7.16. The molecule has 1 saturated heterocycles. The van der Waals surface area contributed by atoms with Crippen LogP contribution in [0, 0.1) is 17.8 Å². The first-order chi connectivity index (χ1) is 8.61. The summed E-state index contributed by atoms with van der Waals surface area (Å²) in [7, 11) is 1.84. The first-order valence-corrected chi connectivity index (χ1v) is 7.16. The Kier molecular flexibility index (Phi) is 3.10. The average Bonchev–Trinajstić information content (AvgIpc) is 2.81. The van der Waals surface area contributed by atoms with Gasteiger partial charge in [-0.05, 0) is 24.7 Å². The van der Waals surface area contributed by atoms with Gasteiger partial charge in [0, 0.05) is 45.6 Å². The second-order valence-electron chi connectivity index (χ2n) is 6.32. The molecule has 3 fully saturated rings. The van der Waals surface area contributed by atoms with Crippen molar-refractivity contribution in [1.29, 1.82) is 0 Å². The van der Waals surface area contributed by atoms with E-state index in [1.807, 2.05) is 7.05 Å². The normalized spacial score (nSPS) is 37.1. The molecule has 0 spiro atoms. The van der Waals surface area contributed by atoms with E-state index in [2.05, 4.69) is 0 Å². The van der Waals surface area contributed by atoms with E-state index in [1.165, 1.54) is 19.3 Å². The zero-order chi connectivity index (χ0) is 12.8. The van der Waals surface area contributed by atoms with Gasteiger partial charge in [-0.1, -0.05) is 6.42 Å². The lowest BCUT2D eigenvalue weighted by Gasteiger charge is -2.35. The summed E-state index contributed by atoms with van der Waals surface area (Å²) in [5.41, 5.74) is -0.730. The predicted octanol–water partition coefficient (Wildman–Crippen LogP) is 1.03. The van der Waals surface area contributed by atoms with Gasteiger partial charge in [-0.25, -0.2) is 0 Å². The maximum absolute atomic E-state index is 12.3. The Labute approximate surface area is 108 Å². The number of ether oxygens (including phenoxy) is 1. The third-order valence-electron chi connectivity index (χ3n) is 5.02. The highest BCUT2D eigenvalue weighted by molar-refractivity contribution is 5.82. The topological polar surface area (TPSA) is 49.8 Å². The van der Waals surface area contributed by atoms with Crippen LogP contribution in [0.4, 0.5) is 0 Å². The highest BCUT2D eigenvalue weighted by atomic mass is 16.5. The van der Waals surface area contributed by atoms with Crippen molar-refractivity contribution < 1.29 is 14.6 Å². The van der Waals surface area contributed by atoms with E-state index in [0.29, 0.717) is 44.4 Å². The summed E-state index contributed by atoms with van der Waals surface area (Å²) >= 11 is 0. The lowest BCUT2D eigenvalue weighted by molar-refractivity contribution is -0.138. The molecule has 0 aromatic carbocycles. The molecule has 1 N–H and O–H groups in total. The number of nitrogens with zero attached hydrogens (tertiary/aromatic N) is 1. The number of amides is 1. The van der Waals surface area contributed by atoms with Crippen molar-refractivity contribution in [2.45, 2.75) is 37.7 Å². The van der Waals surface area contributed by atoms with Crippen LogP contribution in [0.25, 0.3) is 0 Å². The molecule has 2 unspecified atom stereocenters. The molecule has 0 radical (unpaired) electrons. The van der Waals surface area contributed by atoms with Crippen LogP contribution in [-0.4, -0.2) is 48.3 Å². The van der Waals surface area contributed by atoms with E-state index >= 15 is 0 Å². The number of aliphatic hydroxyl groups is 1. The predicted molar refractivity (Wildman–Crippen MR) is 67.0 cm³/mol. The van der Waals surface area contributed by atoms with Crippen LogP contribution in [0.2, 0.25) is 0 Å². The Morgan fingerprint density at radius 3 is 2.56 bits per heavy atom. The number of rotatable bonds is 3. The molecule has 0 bridgehead atoms. The van der Waals surface area contributed by atoms with Crippen molar-refractivity contribution in [1.82, 2.24) is 4.90 Å². The third-order valence-corrected chi connectivity index (χ3v) is 5.02. The highest BCUT2D eigenvalue weighted by Crippen LogP contribution is 2.58. The Balaban J connectivity index is 1.54. The summed E-state index contributed by atoms with van der Waals surface area (Å²) in [6, 6.07) is 0. The molecule has 0 aromatic heterocycles. The quantitative estimate of drug-likeness (QED) is 0.817. The molecule has 1 aliphatic heterocycles. The fourth-order valence-electron chi connectivity index (χ4n) is 3.87. The molecule has 1 amide bonds. The minimum absolute atomic E-state index is 0.254. The number of carbonyl (C=O) groups is 1. The van der Waals surface area contributed by atoms with E-state index in [0.717, 1.165) is 0 Å². The van der Waals surface area contributed by atoms with Crippen molar-refractivity contribution in [2.24, 2.45) is 17.8 Å². The molecular weight excluding hydrogens is 230 g/mol. The monoisotopic (exact) mass is 253 g/mol. The van der Waals surface area contributed by atoms with Gasteiger partial charge < -0.3 is 14.7 Å². The maximum atomic E-state index is 12.3. The lowest BCUT2D eigenvalue weighted by Crippen LogP contribution is -2.47. The number of fused-ring (bicyclic) bond motifs is 1. The largest absolute Gasteiger partial charge is 0.388 e. The molecule has 102 valence electrons. The van der Waals surface area contributed by atoms with Gasteiger partial charge in [-0.15, -0.1) is 0 Å². The molecule has 3 aliphatic rings. The molecule has 2 atom stereocenters. The fourth-order valence-corrected chi connectivity index (χ4v) is 3.87. The van der Waals surface area contributed by atoms with E-state index in [-0.39, 0.29) is 11.8 Å². The Hall–Kier alpha value is -0.610. The number of hydrogen-bond donors (Lipinski definition) is 1. The molecule has 4 nitrogen and oxygen atoms in total. The highest BCUT2D eigenvalue weighted by Gasteiger charge is 2.57. The third kappa shape index (κ3) is 2.16. The van der Waals surface area contributed by atoms with E-state index in [9.17, 15) is 9.90 Å².